The van der Waals surface area contributed by atoms with Gasteiger partial charge in [-0.1, -0.05) is 0 Å². The van der Waals surface area contributed by atoms with Crippen molar-refractivity contribution >= 4 is 38.1 Å². The minimum absolute atomic E-state index is 0.0321. The first kappa shape index (κ1) is 20.0. The van der Waals surface area contributed by atoms with Gasteiger partial charge in [-0.15, -0.1) is 0 Å². The highest BCUT2D eigenvalue weighted by Gasteiger charge is 2.39. The maximum absolute atomic E-state index is 14.7. The van der Waals surface area contributed by atoms with Gasteiger partial charge in [-0.05, 0) is 37.3 Å². The fourth-order valence-electron chi connectivity index (χ4n) is 3.62. The fourth-order valence-corrected chi connectivity index (χ4v) is 5.31. The molecule has 1 aliphatic heterocycles. The molecule has 30 heavy (non-hydrogen) atoms. The first-order valence-electron chi connectivity index (χ1n) is 9.09. The first-order valence-corrected chi connectivity index (χ1v) is 10.9. The molecule has 0 bridgehead atoms. The van der Waals surface area contributed by atoms with Crippen LogP contribution < -0.4 is 15.8 Å². The first-order chi connectivity index (χ1) is 14.2. The van der Waals surface area contributed by atoms with Crippen LogP contribution in [0.25, 0.3) is 10.9 Å². The Bertz CT molecular complexity index is 1280. The van der Waals surface area contributed by atoms with Crippen molar-refractivity contribution in [3.63, 3.8) is 0 Å². The van der Waals surface area contributed by atoms with Crippen molar-refractivity contribution in [2.24, 2.45) is 10.7 Å². The second kappa shape index (κ2) is 7.21. The number of anilines is 2. The van der Waals surface area contributed by atoms with Crippen molar-refractivity contribution in [3.05, 3.63) is 54.1 Å². The van der Waals surface area contributed by atoms with Gasteiger partial charge in [0.15, 0.2) is 15.7 Å². The number of benzene rings is 1. The Morgan fingerprint density at radius 1 is 1.23 bits per heavy atom. The molecule has 0 spiro atoms. The monoisotopic (exact) mass is 429 g/mol. The molecule has 1 aliphatic rings. The molecule has 3 aromatic rings. The lowest BCUT2D eigenvalue weighted by Crippen LogP contribution is -2.42. The molecule has 0 radical (unpaired) electrons. The number of aromatic nitrogens is 2. The van der Waals surface area contributed by atoms with E-state index in [1.165, 1.54) is 18.2 Å². The molecule has 2 aromatic heterocycles. The summed E-state index contributed by atoms with van der Waals surface area (Å²) >= 11 is 0. The molecule has 0 saturated heterocycles. The highest BCUT2D eigenvalue weighted by molar-refractivity contribution is 7.92. The van der Waals surface area contributed by atoms with Crippen molar-refractivity contribution < 1.29 is 17.5 Å². The quantitative estimate of drug-likeness (QED) is 0.654. The van der Waals surface area contributed by atoms with Crippen LogP contribution in [0.5, 0.6) is 5.75 Å². The Balaban J connectivity index is 1.75. The summed E-state index contributed by atoms with van der Waals surface area (Å²) < 4.78 is 44.3. The summed E-state index contributed by atoms with van der Waals surface area (Å²) in [5, 5.41) is 3.95. The molecule has 156 valence electrons. The topological polar surface area (TPSA) is 120 Å². The highest BCUT2D eigenvalue weighted by atomic mass is 32.2. The normalized spacial score (nSPS) is 20.6. The van der Waals surface area contributed by atoms with E-state index in [1.807, 2.05) is 6.07 Å². The van der Waals surface area contributed by atoms with Gasteiger partial charge in [-0.2, -0.15) is 0 Å². The second-order valence-corrected chi connectivity index (χ2v) is 9.40. The number of rotatable bonds is 4. The number of hydrogen-bond donors (Lipinski definition) is 2. The third kappa shape index (κ3) is 3.78. The number of amidine groups is 1. The molecule has 3 N–H and O–H groups in total. The highest BCUT2D eigenvalue weighted by Crippen LogP contribution is 2.35. The minimum atomic E-state index is -3.49. The van der Waals surface area contributed by atoms with Gasteiger partial charge in [0.05, 0.1) is 19.1 Å². The molecule has 8 nitrogen and oxygen atoms in total. The van der Waals surface area contributed by atoms with E-state index in [4.69, 9.17) is 10.5 Å². The second-order valence-electron chi connectivity index (χ2n) is 7.34. The van der Waals surface area contributed by atoms with Gasteiger partial charge in [0.2, 0.25) is 0 Å². The average Bonchev–Trinajstić information content (AvgIpc) is 2.67. The molecule has 1 aromatic carbocycles. The van der Waals surface area contributed by atoms with Crippen LogP contribution in [0, 0.1) is 5.82 Å². The van der Waals surface area contributed by atoms with Crippen molar-refractivity contribution in [2.45, 2.75) is 12.5 Å². The number of fused-ring (bicyclic) bond motifs is 1. The number of hydrogen-bond acceptors (Lipinski definition) is 8. The smallest absolute Gasteiger partial charge is 0.160 e. The van der Waals surface area contributed by atoms with E-state index < -0.39 is 21.2 Å². The lowest BCUT2D eigenvalue weighted by Gasteiger charge is -2.30. The Morgan fingerprint density at radius 3 is 2.77 bits per heavy atom. The van der Waals surface area contributed by atoms with Crippen LogP contribution in [-0.2, 0) is 15.4 Å². The summed E-state index contributed by atoms with van der Waals surface area (Å²) in [4.78, 5) is 13.0. The molecule has 10 heteroatoms. The molecular formula is C20H20FN5O3S. The number of aliphatic imine (C=N–C) groups is 1. The number of pyridine rings is 2. The summed E-state index contributed by atoms with van der Waals surface area (Å²) in [5.41, 5.74) is 5.66. The summed E-state index contributed by atoms with van der Waals surface area (Å²) in [5.74, 6) is -0.157. The van der Waals surface area contributed by atoms with E-state index in [2.05, 4.69) is 20.3 Å². The summed E-state index contributed by atoms with van der Waals surface area (Å²) in [6.07, 6.45) is 3.20. The van der Waals surface area contributed by atoms with Crippen LogP contribution in [-0.4, -0.2) is 42.8 Å². The Hall–Kier alpha value is -3.27. The lowest BCUT2D eigenvalue weighted by molar-refractivity contribution is 0.414. The predicted molar refractivity (Wildman–Crippen MR) is 113 cm³/mol. The zero-order valence-corrected chi connectivity index (χ0v) is 17.2. The lowest BCUT2D eigenvalue weighted by atomic mass is 9.93. The number of nitrogens with zero attached hydrogens (tertiary/aromatic N) is 3. The predicted octanol–water partition coefficient (Wildman–Crippen LogP) is 2.52. The van der Waals surface area contributed by atoms with Gasteiger partial charge in [-0.25, -0.2) is 22.8 Å². The number of halogens is 1. The molecule has 0 aliphatic carbocycles. The van der Waals surface area contributed by atoms with Crippen LogP contribution in [0.2, 0.25) is 0 Å². The van der Waals surface area contributed by atoms with Gasteiger partial charge in [-0.3, -0.25) is 4.99 Å². The molecule has 1 atom stereocenters. The third-order valence-electron chi connectivity index (χ3n) is 4.88. The zero-order chi connectivity index (χ0) is 21.5. The molecule has 0 unspecified atom stereocenters. The molecule has 0 saturated carbocycles. The summed E-state index contributed by atoms with van der Waals surface area (Å²) in [7, 11) is -1.93. The van der Waals surface area contributed by atoms with Crippen molar-refractivity contribution in [3.8, 4) is 5.75 Å². The number of nitrogens with two attached hydrogens (primary N) is 1. The SMILES string of the molecule is COc1cnc2c(Nc3ccc(F)c([C@]4(C)CS(=O)(=O)CC(N)=N4)c3)nccc2c1. The Labute approximate surface area is 172 Å². The van der Waals surface area contributed by atoms with E-state index in [0.29, 0.717) is 22.8 Å². The van der Waals surface area contributed by atoms with Crippen LogP contribution in [0.4, 0.5) is 15.9 Å². The Kier molecular flexibility index (Phi) is 4.81. The summed E-state index contributed by atoms with van der Waals surface area (Å²) in [6.45, 7) is 1.56. The van der Waals surface area contributed by atoms with E-state index in [9.17, 15) is 12.8 Å². The van der Waals surface area contributed by atoms with Gasteiger partial charge < -0.3 is 15.8 Å². The van der Waals surface area contributed by atoms with Gasteiger partial charge in [0, 0.05) is 22.8 Å². The zero-order valence-electron chi connectivity index (χ0n) is 16.4. The van der Waals surface area contributed by atoms with E-state index in [1.54, 1.807) is 32.5 Å². The number of methoxy groups -OCH3 is 1. The Morgan fingerprint density at radius 2 is 2.03 bits per heavy atom. The molecule has 0 amide bonds. The van der Waals surface area contributed by atoms with E-state index in [0.717, 1.165) is 5.39 Å². The molecular weight excluding hydrogens is 409 g/mol. The van der Waals surface area contributed by atoms with E-state index >= 15 is 0 Å². The number of sulfone groups is 1. The van der Waals surface area contributed by atoms with Crippen molar-refractivity contribution in [2.75, 3.05) is 23.9 Å². The maximum Gasteiger partial charge on any atom is 0.160 e. The van der Waals surface area contributed by atoms with Crippen LogP contribution in [0.15, 0.2) is 47.7 Å². The maximum atomic E-state index is 14.7. The van der Waals surface area contributed by atoms with Crippen molar-refractivity contribution in [1.82, 2.24) is 9.97 Å². The minimum Gasteiger partial charge on any atom is -0.495 e. The standard InChI is InChI=1S/C20H20FN5O3S/c1-20(11-30(27,28)10-17(22)26-20)15-8-13(3-4-16(15)21)25-19-18-12(5-6-23-19)7-14(29-2)9-24-18/h3-9H,10-11H2,1-2H3,(H2,22,26)(H,23,25)/t20-/m0/s1. The van der Waals surface area contributed by atoms with Gasteiger partial charge >= 0.3 is 0 Å². The molecule has 0 fully saturated rings. The van der Waals surface area contributed by atoms with Crippen LogP contribution >= 0.6 is 0 Å². The number of nitrogens with one attached hydrogen (secondary N) is 1. The summed E-state index contributed by atoms with van der Waals surface area (Å²) in [6, 6.07) is 7.96. The largest absolute Gasteiger partial charge is 0.495 e. The van der Waals surface area contributed by atoms with Crippen LogP contribution in [0.3, 0.4) is 0 Å². The van der Waals surface area contributed by atoms with E-state index in [-0.39, 0.29) is 22.9 Å². The molecule has 3 heterocycles. The fraction of sp³-hybridized carbons (Fsp3) is 0.250. The van der Waals surface area contributed by atoms with Gasteiger partial charge in [0.25, 0.3) is 0 Å². The van der Waals surface area contributed by atoms with Gasteiger partial charge in [0.1, 0.15) is 34.2 Å². The average molecular weight is 429 g/mol. The third-order valence-corrected chi connectivity index (χ3v) is 6.62. The van der Waals surface area contributed by atoms with Crippen LogP contribution in [0.1, 0.15) is 12.5 Å². The van der Waals surface area contributed by atoms with Crippen molar-refractivity contribution in [1.29, 1.82) is 0 Å². The number of ether oxygens (including phenoxy) is 1. The molecule has 4 rings (SSSR count).